The van der Waals surface area contributed by atoms with Crippen molar-refractivity contribution in [1.29, 1.82) is 0 Å². The second kappa shape index (κ2) is 9.93. The molecule has 0 spiro atoms. The Labute approximate surface area is 204 Å². The van der Waals surface area contributed by atoms with Gasteiger partial charge < -0.3 is 14.6 Å². The van der Waals surface area contributed by atoms with Crippen molar-refractivity contribution in [2.45, 2.75) is 27.7 Å². The average molecular weight is 470 g/mol. The second-order valence-electron chi connectivity index (χ2n) is 8.49. The van der Waals surface area contributed by atoms with Gasteiger partial charge in [0, 0.05) is 17.2 Å². The minimum absolute atomic E-state index is 0.0725. The molecule has 0 unspecified atom stereocenters. The zero-order chi connectivity index (χ0) is 25.1. The number of hydrogen-bond donors (Lipinski definition) is 1. The number of benzene rings is 3. The van der Waals surface area contributed by atoms with E-state index >= 15 is 0 Å². The van der Waals surface area contributed by atoms with Gasteiger partial charge in [-0.15, -0.1) is 0 Å². The first-order valence-electron chi connectivity index (χ1n) is 11.2. The van der Waals surface area contributed by atoms with Crippen molar-refractivity contribution in [2.24, 2.45) is 0 Å². The SMILES string of the molecule is COC(=O)COc1ccc(-c2nc(-c3ccc(C)cc3C)nc(-c3ccc(C)cc3C)n2)c(O)c1. The van der Waals surface area contributed by atoms with Crippen molar-refractivity contribution in [3.63, 3.8) is 0 Å². The fourth-order valence-electron chi connectivity index (χ4n) is 3.86. The highest BCUT2D eigenvalue weighted by Gasteiger charge is 2.17. The van der Waals surface area contributed by atoms with E-state index in [0.29, 0.717) is 28.8 Å². The Morgan fingerprint density at radius 1 is 0.743 bits per heavy atom. The van der Waals surface area contributed by atoms with Crippen LogP contribution in [0.4, 0.5) is 0 Å². The molecular weight excluding hydrogens is 442 g/mol. The lowest BCUT2D eigenvalue weighted by atomic mass is 10.0. The van der Waals surface area contributed by atoms with Crippen molar-refractivity contribution in [3.05, 3.63) is 76.9 Å². The van der Waals surface area contributed by atoms with Gasteiger partial charge in [-0.25, -0.2) is 19.7 Å². The minimum Gasteiger partial charge on any atom is -0.507 e. The predicted octanol–water partition coefficient (Wildman–Crippen LogP) is 5.36. The number of esters is 1. The minimum atomic E-state index is -0.512. The second-order valence-corrected chi connectivity index (χ2v) is 8.49. The fourth-order valence-corrected chi connectivity index (χ4v) is 3.86. The molecule has 0 aliphatic carbocycles. The van der Waals surface area contributed by atoms with Crippen molar-refractivity contribution in [1.82, 2.24) is 15.0 Å². The van der Waals surface area contributed by atoms with Crippen LogP contribution in [0.5, 0.6) is 11.5 Å². The number of methoxy groups -OCH3 is 1. The third-order valence-corrected chi connectivity index (χ3v) is 5.68. The zero-order valence-electron chi connectivity index (χ0n) is 20.4. The van der Waals surface area contributed by atoms with E-state index in [1.807, 2.05) is 52.0 Å². The molecule has 178 valence electrons. The highest BCUT2D eigenvalue weighted by atomic mass is 16.6. The number of ether oxygens (including phenoxy) is 2. The first-order valence-corrected chi connectivity index (χ1v) is 11.2. The molecule has 0 bridgehead atoms. The van der Waals surface area contributed by atoms with Crippen LogP contribution in [-0.2, 0) is 9.53 Å². The standard InChI is InChI=1S/C28H27N3O4/c1-16-6-9-21(18(3)12-16)26-29-27(22-10-7-17(2)13-19(22)4)31-28(30-26)23-11-8-20(14-24(23)32)35-15-25(33)34-5/h6-14,32H,15H2,1-5H3. The molecule has 0 aliphatic rings. The van der Waals surface area contributed by atoms with E-state index in [4.69, 9.17) is 19.7 Å². The molecule has 0 atom stereocenters. The summed E-state index contributed by atoms with van der Waals surface area (Å²) < 4.78 is 9.97. The van der Waals surface area contributed by atoms with E-state index in [9.17, 15) is 9.90 Å². The molecule has 0 amide bonds. The highest BCUT2D eigenvalue weighted by molar-refractivity contribution is 5.73. The van der Waals surface area contributed by atoms with Crippen molar-refractivity contribution >= 4 is 5.97 Å². The van der Waals surface area contributed by atoms with Gasteiger partial charge in [0.1, 0.15) is 11.5 Å². The van der Waals surface area contributed by atoms with E-state index in [2.05, 4.69) is 16.9 Å². The average Bonchev–Trinajstić information content (AvgIpc) is 2.82. The quantitative estimate of drug-likeness (QED) is 0.380. The maximum atomic E-state index is 11.4. The summed E-state index contributed by atoms with van der Waals surface area (Å²) in [6.45, 7) is 7.87. The number of carbonyl (C=O) groups excluding carboxylic acids is 1. The summed E-state index contributed by atoms with van der Waals surface area (Å²) in [5.41, 5.74) is 6.60. The van der Waals surface area contributed by atoms with Crippen LogP contribution in [0.2, 0.25) is 0 Å². The molecule has 1 aromatic heterocycles. The van der Waals surface area contributed by atoms with Crippen LogP contribution in [-0.4, -0.2) is 39.7 Å². The number of phenols is 1. The lowest BCUT2D eigenvalue weighted by Gasteiger charge is -2.13. The largest absolute Gasteiger partial charge is 0.507 e. The van der Waals surface area contributed by atoms with Gasteiger partial charge in [-0.3, -0.25) is 0 Å². The third-order valence-electron chi connectivity index (χ3n) is 5.68. The first-order chi connectivity index (χ1) is 16.7. The lowest BCUT2D eigenvalue weighted by Crippen LogP contribution is -2.12. The summed E-state index contributed by atoms with van der Waals surface area (Å²) in [5, 5.41) is 10.8. The lowest BCUT2D eigenvalue weighted by molar-refractivity contribution is -0.142. The van der Waals surface area contributed by atoms with Crippen molar-refractivity contribution in [3.8, 4) is 45.7 Å². The number of nitrogens with zero attached hydrogens (tertiary/aromatic N) is 3. The predicted molar refractivity (Wildman–Crippen MR) is 134 cm³/mol. The van der Waals surface area contributed by atoms with Crippen LogP contribution in [0.15, 0.2) is 54.6 Å². The summed E-state index contributed by atoms with van der Waals surface area (Å²) in [5.74, 6) is 1.12. The van der Waals surface area contributed by atoms with E-state index in [1.165, 1.54) is 13.2 Å². The van der Waals surface area contributed by atoms with Crippen LogP contribution in [0.25, 0.3) is 34.2 Å². The van der Waals surface area contributed by atoms with Gasteiger partial charge in [-0.1, -0.05) is 47.5 Å². The summed E-state index contributed by atoms with van der Waals surface area (Å²) in [7, 11) is 1.29. The molecule has 7 nitrogen and oxygen atoms in total. The number of hydrogen-bond acceptors (Lipinski definition) is 7. The molecule has 1 heterocycles. The van der Waals surface area contributed by atoms with E-state index in [-0.39, 0.29) is 12.4 Å². The Balaban J connectivity index is 1.84. The highest BCUT2D eigenvalue weighted by Crippen LogP contribution is 2.34. The van der Waals surface area contributed by atoms with Gasteiger partial charge in [0.05, 0.1) is 12.7 Å². The molecule has 0 fully saturated rings. The molecule has 0 saturated carbocycles. The van der Waals surface area contributed by atoms with Crippen LogP contribution < -0.4 is 4.74 Å². The molecule has 3 aromatic carbocycles. The normalized spacial score (nSPS) is 10.8. The van der Waals surface area contributed by atoms with Gasteiger partial charge in [0.25, 0.3) is 0 Å². The topological polar surface area (TPSA) is 94.4 Å². The van der Waals surface area contributed by atoms with Crippen LogP contribution >= 0.6 is 0 Å². The molecule has 4 aromatic rings. The summed E-state index contributed by atoms with van der Waals surface area (Å²) in [4.78, 5) is 25.6. The van der Waals surface area contributed by atoms with Crippen molar-refractivity contribution in [2.75, 3.05) is 13.7 Å². The van der Waals surface area contributed by atoms with E-state index in [1.54, 1.807) is 12.1 Å². The van der Waals surface area contributed by atoms with Gasteiger partial charge >= 0.3 is 5.97 Å². The Kier molecular flexibility index (Phi) is 6.78. The van der Waals surface area contributed by atoms with Gasteiger partial charge in [0.15, 0.2) is 24.1 Å². The van der Waals surface area contributed by atoms with Crippen molar-refractivity contribution < 1.29 is 19.4 Å². The van der Waals surface area contributed by atoms with Crippen LogP contribution in [0.1, 0.15) is 22.3 Å². The molecule has 0 radical (unpaired) electrons. The van der Waals surface area contributed by atoms with E-state index in [0.717, 1.165) is 33.4 Å². The third kappa shape index (κ3) is 5.30. The van der Waals surface area contributed by atoms with Crippen LogP contribution in [0, 0.1) is 27.7 Å². The summed E-state index contributed by atoms with van der Waals surface area (Å²) >= 11 is 0. The number of aromatic hydroxyl groups is 1. The number of aromatic nitrogens is 3. The first kappa shape index (κ1) is 23.9. The molecule has 0 aliphatic heterocycles. The smallest absolute Gasteiger partial charge is 0.343 e. The maximum absolute atomic E-state index is 11.4. The maximum Gasteiger partial charge on any atom is 0.343 e. The van der Waals surface area contributed by atoms with Crippen LogP contribution in [0.3, 0.4) is 0 Å². The Morgan fingerprint density at radius 2 is 1.23 bits per heavy atom. The van der Waals surface area contributed by atoms with E-state index < -0.39 is 5.97 Å². The monoisotopic (exact) mass is 469 g/mol. The molecule has 0 saturated heterocycles. The van der Waals surface area contributed by atoms with Gasteiger partial charge in [0.2, 0.25) is 0 Å². The molecule has 35 heavy (non-hydrogen) atoms. The Hall–Kier alpha value is -4.26. The number of carbonyl (C=O) groups is 1. The number of aryl methyl sites for hydroxylation is 4. The summed E-state index contributed by atoms with van der Waals surface area (Å²) in [6, 6.07) is 16.9. The van der Waals surface area contributed by atoms with Gasteiger partial charge in [-0.2, -0.15) is 0 Å². The summed E-state index contributed by atoms with van der Waals surface area (Å²) in [6.07, 6.45) is 0. The Morgan fingerprint density at radius 3 is 1.69 bits per heavy atom. The fraction of sp³-hybridized carbons (Fsp3) is 0.214. The molecule has 7 heteroatoms. The van der Waals surface area contributed by atoms with Gasteiger partial charge in [-0.05, 0) is 51.0 Å². The molecular formula is C28H27N3O4. The molecule has 1 N–H and O–H groups in total. The number of rotatable bonds is 6. The Bertz CT molecular complexity index is 1350. The zero-order valence-corrected chi connectivity index (χ0v) is 20.4. The number of phenolic OH excluding ortho intramolecular Hbond substituents is 1. The molecule has 4 rings (SSSR count).